The number of aryl methyl sites for hydroxylation is 1. The molecule has 0 unspecified atom stereocenters. The Morgan fingerprint density at radius 3 is 2.47 bits per heavy atom. The van der Waals surface area contributed by atoms with Crippen molar-refractivity contribution in [2.75, 3.05) is 9.62 Å². The molecule has 1 amide bonds. The molecule has 0 aromatic heterocycles. The second-order valence-electron chi connectivity index (χ2n) is 3.46. The highest BCUT2D eigenvalue weighted by atomic mass is 32.1. The van der Waals surface area contributed by atoms with E-state index in [4.69, 9.17) is 0 Å². The first-order valence-corrected chi connectivity index (χ1v) is 5.06. The fourth-order valence-electron chi connectivity index (χ4n) is 1.26. The van der Waals surface area contributed by atoms with Gasteiger partial charge in [0.15, 0.2) is 0 Å². The summed E-state index contributed by atoms with van der Waals surface area (Å²) < 4.78 is 37.3. The number of benzene rings is 1. The van der Waals surface area contributed by atoms with Crippen molar-refractivity contribution < 1.29 is 18.0 Å². The third kappa shape index (κ3) is 3.55. The Labute approximate surface area is 102 Å². The standard InChI is InChI=1S/C10H11F3N2OS/c1-6-3-4-8(14-7(2)16)5-9(6)15(17)10(11,12)13/h3-5,17H,1-2H3,(H,14,16). The minimum Gasteiger partial charge on any atom is -0.326 e. The van der Waals surface area contributed by atoms with Crippen molar-refractivity contribution in [1.29, 1.82) is 0 Å². The summed E-state index contributed by atoms with van der Waals surface area (Å²) >= 11 is 3.40. The van der Waals surface area contributed by atoms with Crippen LogP contribution in [0.15, 0.2) is 18.2 Å². The van der Waals surface area contributed by atoms with E-state index < -0.39 is 6.30 Å². The molecule has 0 saturated heterocycles. The maximum absolute atomic E-state index is 12.5. The van der Waals surface area contributed by atoms with E-state index in [0.29, 0.717) is 11.3 Å². The van der Waals surface area contributed by atoms with Crippen molar-refractivity contribution in [3.05, 3.63) is 23.8 Å². The second-order valence-corrected chi connectivity index (χ2v) is 3.86. The molecule has 0 aliphatic rings. The van der Waals surface area contributed by atoms with Gasteiger partial charge in [-0.2, -0.15) is 0 Å². The fourth-order valence-corrected chi connectivity index (χ4v) is 1.47. The number of hydrogen-bond acceptors (Lipinski definition) is 3. The molecule has 7 heteroatoms. The maximum atomic E-state index is 12.5. The van der Waals surface area contributed by atoms with Gasteiger partial charge in [-0.25, -0.2) is 4.31 Å². The summed E-state index contributed by atoms with van der Waals surface area (Å²) in [6, 6.07) is 4.23. The summed E-state index contributed by atoms with van der Waals surface area (Å²) in [6.45, 7) is 2.81. The van der Waals surface area contributed by atoms with Crippen LogP contribution in [-0.2, 0) is 4.79 Å². The number of halogens is 3. The van der Waals surface area contributed by atoms with E-state index in [1.807, 2.05) is 0 Å². The average molecular weight is 264 g/mol. The Morgan fingerprint density at radius 1 is 1.41 bits per heavy atom. The quantitative estimate of drug-likeness (QED) is 0.635. The molecule has 94 valence electrons. The highest BCUT2D eigenvalue weighted by molar-refractivity contribution is 7.81. The molecule has 1 rings (SSSR count). The predicted molar refractivity (Wildman–Crippen MR) is 63.0 cm³/mol. The largest absolute Gasteiger partial charge is 0.494 e. The monoisotopic (exact) mass is 264 g/mol. The van der Waals surface area contributed by atoms with Crippen LogP contribution in [0.5, 0.6) is 0 Å². The lowest BCUT2D eigenvalue weighted by Crippen LogP contribution is -2.29. The fraction of sp³-hybridized carbons (Fsp3) is 0.300. The second kappa shape index (κ2) is 4.87. The van der Waals surface area contributed by atoms with Gasteiger partial charge in [-0.05, 0) is 24.6 Å². The number of nitrogens with zero attached hydrogens (tertiary/aromatic N) is 1. The Balaban J connectivity index is 3.10. The molecule has 17 heavy (non-hydrogen) atoms. The molecule has 0 heterocycles. The van der Waals surface area contributed by atoms with Crippen LogP contribution in [0.3, 0.4) is 0 Å². The van der Waals surface area contributed by atoms with Gasteiger partial charge in [0, 0.05) is 12.6 Å². The average Bonchev–Trinajstić information content (AvgIpc) is 2.18. The van der Waals surface area contributed by atoms with Crippen molar-refractivity contribution in [2.24, 2.45) is 0 Å². The molecule has 3 nitrogen and oxygen atoms in total. The predicted octanol–water partition coefficient (Wildman–Crippen LogP) is 3.12. The number of carbonyl (C=O) groups is 1. The van der Waals surface area contributed by atoms with Crippen LogP contribution in [0.2, 0.25) is 0 Å². The van der Waals surface area contributed by atoms with Gasteiger partial charge in [0.2, 0.25) is 5.91 Å². The Morgan fingerprint density at radius 2 is 2.00 bits per heavy atom. The van der Waals surface area contributed by atoms with Gasteiger partial charge < -0.3 is 5.32 Å². The zero-order valence-electron chi connectivity index (χ0n) is 9.17. The molecule has 0 bridgehead atoms. The first kappa shape index (κ1) is 13.7. The lowest BCUT2D eigenvalue weighted by atomic mass is 10.2. The van der Waals surface area contributed by atoms with Crippen LogP contribution in [-0.4, -0.2) is 12.2 Å². The lowest BCUT2D eigenvalue weighted by molar-refractivity contribution is -0.114. The summed E-state index contributed by atoms with van der Waals surface area (Å²) in [5.41, 5.74) is 0.583. The summed E-state index contributed by atoms with van der Waals surface area (Å²) in [5, 5.41) is 2.41. The van der Waals surface area contributed by atoms with Crippen LogP contribution in [0.25, 0.3) is 0 Å². The molecular formula is C10H11F3N2OS. The van der Waals surface area contributed by atoms with Crippen molar-refractivity contribution >= 4 is 30.1 Å². The maximum Gasteiger partial charge on any atom is 0.494 e. The van der Waals surface area contributed by atoms with E-state index in [0.717, 1.165) is 0 Å². The molecule has 1 N–H and O–H groups in total. The SMILES string of the molecule is CC(=O)Nc1ccc(C)c(N(S)C(F)(F)F)c1. The molecule has 0 spiro atoms. The minimum absolute atomic E-state index is 0.0896. The van der Waals surface area contributed by atoms with Gasteiger partial charge >= 0.3 is 6.30 Å². The zero-order chi connectivity index (χ0) is 13.2. The van der Waals surface area contributed by atoms with Gasteiger partial charge in [-0.1, -0.05) is 18.9 Å². The van der Waals surface area contributed by atoms with Crippen LogP contribution >= 0.6 is 12.8 Å². The molecule has 1 aromatic carbocycles. The number of alkyl halides is 3. The van der Waals surface area contributed by atoms with E-state index in [9.17, 15) is 18.0 Å². The first-order valence-electron chi connectivity index (χ1n) is 4.66. The Hall–Kier alpha value is -1.37. The highest BCUT2D eigenvalue weighted by Crippen LogP contribution is 2.34. The third-order valence-electron chi connectivity index (χ3n) is 2.00. The lowest BCUT2D eigenvalue weighted by Gasteiger charge is -2.22. The van der Waals surface area contributed by atoms with Crippen LogP contribution in [0.1, 0.15) is 12.5 Å². The molecule has 1 aromatic rings. The van der Waals surface area contributed by atoms with E-state index in [2.05, 4.69) is 18.1 Å². The van der Waals surface area contributed by atoms with Crippen LogP contribution in [0, 0.1) is 6.92 Å². The van der Waals surface area contributed by atoms with Crippen LogP contribution in [0.4, 0.5) is 24.5 Å². The van der Waals surface area contributed by atoms with E-state index >= 15 is 0 Å². The van der Waals surface area contributed by atoms with Gasteiger partial charge in [-0.3, -0.25) is 4.79 Å². The van der Waals surface area contributed by atoms with Gasteiger partial charge in [-0.15, -0.1) is 13.2 Å². The number of rotatable bonds is 2. The minimum atomic E-state index is -4.58. The molecule has 0 saturated carbocycles. The number of nitrogens with one attached hydrogen (secondary N) is 1. The number of amides is 1. The van der Waals surface area contributed by atoms with Crippen LogP contribution < -0.4 is 9.62 Å². The van der Waals surface area contributed by atoms with Crippen molar-refractivity contribution in [3.8, 4) is 0 Å². The summed E-state index contributed by atoms with van der Waals surface area (Å²) in [5.74, 6) is -0.350. The smallest absolute Gasteiger partial charge is 0.326 e. The number of carbonyl (C=O) groups excluding carboxylic acids is 1. The molecule has 0 aliphatic heterocycles. The number of hydrogen-bond donors (Lipinski definition) is 2. The molecule has 0 fully saturated rings. The molecular weight excluding hydrogens is 253 g/mol. The molecule has 0 radical (unpaired) electrons. The molecule has 0 atom stereocenters. The Bertz CT molecular complexity index is 434. The van der Waals surface area contributed by atoms with E-state index in [-0.39, 0.29) is 15.9 Å². The summed E-state index contributed by atoms with van der Waals surface area (Å²) in [7, 11) is 0. The topological polar surface area (TPSA) is 32.3 Å². The summed E-state index contributed by atoms with van der Waals surface area (Å²) in [6.07, 6.45) is -4.58. The zero-order valence-corrected chi connectivity index (χ0v) is 10.1. The molecule has 0 aliphatic carbocycles. The van der Waals surface area contributed by atoms with Crippen molar-refractivity contribution in [1.82, 2.24) is 0 Å². The van der Waals surface area contributed by atoms with Gasteiger partial charge in [0.05, 0.1) is 5.69 Å². The first-order chi connectivity index (χ1) is 7.71. The normalized spacial score (nSPS) is 11.2. The number of thiol groups is 1. The van der Waals surface area contributed by atoms with Crippen molar-refractivity contribution in [3.63, 3.8) is 0 Å². The number of anilines is 2. The summed E-state index contributed by atoms with van der Waals surface area (Å²) in [4.78, 5) is 10.8. The third-order valence-corrected chi connectivity index (χ3v) is 2.44. The van der Waals surface area contributed by atoms with Gasteiger partial charge in [0.1, 0.15) is 0 Å². The van der Waals surface area contributed by atoms with E-state index in [1.54, 1.807) is 0 Å². The Kier molecular flexibility index (Phi) is 3.92. The highest BCUT2D eigenvalue weighted by Gasteiger charge is 2.36. The van der Waals surface area contributed by atoms with E-state index in [1.165, 1.54) is 32.0 Å². The van der Waals surface area contributed by atoms with Gasteiger partial charge in [0.25, 0.3) is 0 Å². The van der Waals surface area contributed by atoms with Crippen molar-refractivity contribution in [2.45, 2.75) is 20.1 Å².